The van der Waals surface area contributed by atoms with Crippen molar-refractivity contribution in [2.24, 2.45) is 0 Å². The molecule has 0 aliphatic heterocycles. The fourth-order valence-electron chi connectivity index (χ4n) is 1.44. The van der Waals surface area contributed by atoms with Crippen molar-refractivity contribution in [2.45, 2.75) is 52.4 Å². The molecule has 8 nitrogen and oxygen atoms in total. The van der Waals surface area contributed by atoms with E-state index in [1.54, 1.807) is 13.8 Å². The SMILES string of the molecule is CCOC(=O)C=[N+]=[N-].CCOC(=O)COCCCCCBr.OCCCCCBr. The molecule has 166 valence electrons. The van der Waals surface area contributed by atoms with Gasteiger partial charge in [-0.1, -0.05) is 44.7 Å². The number of unbranched alkanes of at least 4 members (excludes halogenated alkanes) is 4. The molecule has 0 saturated carbocycles. The van der Waals surface area contributed by atoms with Crippen LogP contribution >= 0.6 is 31.9 Å². The highest BCUT2D eigenvalue weighted by Gasteiger charge is 2.00. The standard InChI is InChI=1S/C9H17BrO3.C5H11BrO.C4H6N2O2/c1-2-13-9(11)8-12-7-5-3-4-6-10;6-4-2-1-3-5-7;1-2-8-4(7)3-6-5/h2-8H2,1H3;7H,1-5H2;3H,2H2,1H3. The highest BCUT2D eigenvalue weighted by molar-refractivity contribution is 9.09. The Bertz CT molecular complexity index is 390. The topological polar surface area (TPSA) is 118 Å². The van der Waals surface area contributed by atoms with Crippen LogP contribution in [0.25, 0.3) is 5.53 Å². The van der Waals surface area contributed by atoms with E-state index < -0.39 is 5.97 Å². The zero-order chi connectivity index (χ0) is 21.9. The first-order valence-corrected chi connectivity index (χ1v) is 11.6. The summed E-state index contributed by atoms with van der Waals surface area (Å²) in [5.41, 5.74) is 7.73. The number of hydrogen-bond donors (Lipinski definition) is 1. The average molecular weight is 534 g/mol. The maximum atomic E-state index is 10.8. The number of carbonyl (C=O) groups excluding carboxylic acids is 2. The largest absolute Gasteiger partial charge is 0.464 e. The Labute approximate surface area is 185 Å². The minimum atomic E-state index is -0.630. The predicted molar refractivity (Wildman–Crippen MR) is 116 cm³/mol. The van der Waals surface area contributed by atoms with E-state index in [1.165, 1.54) is 6.42 Å². The molecule has 0 spiro atoms. The molecular formula is C18H34Br2N2O6. The minimum Gasteiger partial charge on any atom is -0.464 e. The van der Waals surface area contributed by atoms with Crippen molar-refractivity contribution < 1.29 is 33.7 Å². The van der Waals surface area contributed by atoms with Crippen molar-refractivity contribution in [3.8, 4) is 0 Å². The monoisotopic (exact) mass is 532 g/mol. The van der Waals surface area contributed by atoms with Crippen LogP contribution in [0.15, 0.2) is 0 Å². The molecule has 1 N–H and O–H groups in total. The van der Waals surface area contributed by atoms with Crippen molar-refractivity contribution in [1.82, 2.24) is 0 Å². The van der Waals surface area contributed by atoms with Gasteiger partial charge in [-0.25, -0.2) is 9.59 Å². The summed E-state index contributed by atoms with van der Waals surface area (Å²) in [4.78, 5) is 23.3. The molecule has 0 aliphatic carbocycles. The lowest BCUT2D eigenvalue weighted by Gasteiger charge is -2.03. The molecule has 0 atom stereocenters. The zero-order valence-corrected chi connectivity index (χ0v) is 20.1. The van der Waals surface area contributed by atoms with Gasteiger partial charge in [0.15, 0.2) is 0 Å². The number of esters is 2. The van der Waals surface area contributed by atoms with Crippen molar-refractivity contribution >= 4 is 50.0 Å². The number of halogens is 2. The predicted octanol–water partition coefficient (Wildman–Crippen LogP) is 3.53. The first kappa shape index (κ1) is 31.9. The molecule has 0 bridgehead atoms. The Morgan fingerprint density at radius 3 is 2.00 bits per heavy atom. The van der Waals surface area contributed by atoms with Crippen LogP contribution in [0.5, 0.6) is 0 Å². The highest BCUT2D eigenvalue weighted by atomic mass is 79.9. The zero-order valence-electron chi connectivity index (χ0n) is 16.9. The quantitative estimate of drug-likeness (QED) is 0.0910. The summed E-state index contributed by atoms with van der Waals surface area (Å²) >= 11 is 6.65. The molecule has 0 rings (SSSR count). The number of rotatable bonds is 14. The first-order chi connectivity index (χ1) is 13.5. The van der Waals surface area contributed by atoms with Crippen molar-refractivity contribution in [3.05, 3.63) is 5.53 Å². The summed E-state index contributed by atoms with van der Waals surface area (Å²) in [5.74, 6) is -0.905. The van der Waals surface area contributed by atoms with E-state index in [0.717, 1.165) is 42.8 Å². The molecule has 0 aromatic heterocycles. The van der Waals surface area contributed by atoms with Gasteiger partial charge in [-0.2, -0.15) is 4.79 Å². The molecule has 0 aromatic rings. The van der Waals surface area contributed by atoms with E-state index in [9.17, 15) is 9.59 Å². The third-order valence-electron chi connectivity index (χ3n) is 2.69. The highest BCUT2D eigenvalue weighted by Crippen LogP contribution is 1.98. The fraction of sp³-hybridized carbons (Fsp3) is 0.833. The van der Waals surface area contributed by atoms with E-state index in [2.05, 4.69) is 41.4 Å². The molecule has 0 fully saturated rings. The van der Waals surface area contributed by atoms with Crippen LogP contribution in [0.2, 0.25) is 0 Å². The lowest BCUT2D eigenvalue weighted by Crippen LogP contribution is -2.12. The van der Waals surface area contributed by atoms with Gasteiger partial charge < -0.3 is 24.8 Å². The van der Waals surface area contributed by atoms with Gasteiger partial charge in [-0.05, 0) is 39.5 Å². The summed E-state index contributed by atoms with van der Waals surface area (Å²) < 4.78 is 14.1. The minimum absolute atomic E-state index is 0.0855. The van der Waals surface area contributed by atoms with Crippen LogP contribution in [0.1, 0.15) is 52.4 Å². The third kappa shape index (κ3) is 36.2. The first-order valence-electron chi connectivity index (χ1n) is 9.34. The van der Waals surface area contributed by atoms with Gasteiger partial charge in [0.1, 0.15) is 6.61 Å². The van der Waals surface area contributed by atoms with Gasteiger partial charge in [-0.15, -0.1) is 0 Å². The maximum Gasteiger partial charge on any atom is 0.413 e. The van der Waals surface area contributed by atoms with Crippen LogP contribution in [-0.4, -0.2) is 71.7 Å². The smallest absolute Gasteiger partial charge is 0.413 e. The summed E-state index contributed by atoms with van der Waals surface area (Å²) in [6.07, 6.45) is 7.26. The van der Waals surface area contributed by atoms with Crippen LogP contribution in [-0.2, 0) is 23.8 Å². The number of aliphatic hydroxyl groups is 1. The molecule has 0 aromatic carbocycles. The molecule has 10 heteroatoms. The number of ether oxygens (including phenoxy) is 3. The second kappa shape index (κ2) is 30.9. The van der Waals surface area contributed by atoms with E-state index in [4.69, 9.17) is 20.1 Å². The summed E-state index contributed by atoms with van der Waals surface area (Å²) in [6.45, 7) is 5.24. The Kier molecular flexibility index (Phi) is 35.2. The van der Waals surface area contributed by atoms with Crippen LogP contribution < -0.4 is 0 Å². The van der Waals surface area contributed by atoms with Gasteiger partial charge >= 0.3 is 18.2 Å². The van der Waals surface area contributed by atoms with Crippen molar-refractivity contribution in [3.63, 3.8) is 0 Å². The Hall–Kier alpha value is -0.800. The van der Waals surface area contributed by atoms with Gasteiger partial charge in [0.25, 0.3) is 0 Å². The molecule has 0 amide bonds. The van der Waals surface area contributed by atoms with Crippen molar-refractivity contribution in [2.75, 3.05) is 43.7 Å². The van der Waals surface area contributed by atoms with E-state index in [1.807, 2.05) is 0 Å². The molecule has 0 aliphatic rings. The Morgan fingerprint density at radius 1 is 0.964 bits per heavy atom. The fourth-order valence-corrected chi connectivity index (χ4v) is 2.24. The van der Waals surface area contributed by atoms with Crippen LogP contribution in [0.3, 0.4) is 0 Å². The van der Waals surface area contributed by atoms with Crippen molar-refractivity contribution in [1.29, 1.82) is 0 Å². The molecule has 0 saturated heterocycles. The lowest BCUT2D eigenvalue weighted by atomic mass is 10.3. The molecule has 0 heterocycles. The van der Waals surface area contributed by atoms with Gasteiger partial charge in [0.05, 0.1) is 13.2 Å². The summed E-state index contributed by atoms with van der Waals surface area (Å²) in [5, 5.41) is 10.4. The maximum absolute atomic E-state index is 10.8. The molecular weight excluding hydrogens is 500 g/mol. The number of aliphatic hydroxyl groups excluding tert-OH is 1. The van der Waals surface area contributed by atoms with Crippen LogP contribution in [0, 0.1) is 0 Å². The molecule has 0 unspecified atom stereocenters. The third-order valence-corrected chi connectivity index (χ3v) is 3.81. The number of hydrogen-bond acceptors (Lipinski definition) is 6. The van der Waals surface area contributed by atoms with Crippen LogP contribution in [0.4, 0.5) is 0 Å². The average Bonchev–Trinajstić information content (AvgIpc) is 2.67. The Morgan fingerprint density at radius 2 is 1.54 bits per heavy atom. The molecule has 0 radical (unpaired) electrons. The van der Waals surface area contributed by atoms with E-state index in [0.29, 0.717) is 32.6 Å². The summed E-state index contributed by atoms with van der Waals surface area (Å²) in [7, 11) is 0. The second-order valence-electron chi connectivity index (χ2n) is 5.08. The van der Waals surface area contributed by atoms with Gasteiger partial charge in [0, 0.05) is 23.9 Å². The van der Waals surface area contributed by atoms with Gasteiger partial charge in [-0.3, -0.25) is 0 Å². The second-order valence-corrected chi connectivity index (χ2v) is 6.66. The summed E-state index contributed by atoms with van der Waals surface area (Å²) in [6, 6.07) is 0. The number of carbonyl (C=O) groups is 2. The number of alkyl halides is 2. The normalized spacial score (nSPS) is 9.04. The molecule has 28 heavy (non-hydrogen) atoms. The van der Waals surface area contributed by atoms with E-state index in [-0.39, 0.29) is 12.6 Å². The van der Waals surface area contributed by atoms with Gasteiger partial charge in [0.2, 0.25) is 0 Å². The number of nitrogens with zero attached hydrogens (tertiary/aromatic N) is 2. The lowest BCUT2D eigenvalue weighted by molar-refractivity contribution is -0.148. The Balaban J connectivity index is -0.000000359. The van der Waals surface area contributed by atoms with E-state index >= 15 is 0 Å².